The highest BCUT2D eigenvalue weighted by Gasteiger charge is 2.19. The molecule has 106 valence electrons. The van der Waals surface area contributed by atoms with Gasteiger partial charge in [0.2, 0.25) is 0 Å². The quantitative estimate of drug-likeness (QED) is 0.467. The van der Waals surface area contributed by atoms with Gasteiger partial charge in [-0.1, -0.05) is 6.92 Å². The van der Waals surface area contributed by atoms with Crippen molar-refractivity contribution in [3.63, 3.8) is 0 Å². The predicted molar refractivity (Wildman–Crippen MR) is 72.5 cm³/mol. The molecule has 1 aromatic rings. The Bertz CT molecular complexity index is 436. The second kappa shape index (κ2) is 6.18. The average Bonchev–Trinajstić information content (AvgIpc) is 2.80. The van der Waals surface area contributed by atoms with Crippen LogP contribution in [0.2, 0.25) is 0 Å². The second-order valence-electron chi connectivity index (χ2n) is 4.88. The van der Waals surface area contributed by atoms with Gasteiger partial charge in [0.15, 0.2) is 5.76 Å². The van der Waals surface area contributed by atoms with Crippen molar-refractivity contribution >= 4 is 5.91 Å². The number of furan rings is 1. The van der Waals surface area contributed by atoms with Crippen molar-refractivity contribution in [2.45, 2.75) is 20.4 Å². The van der Waals surface area contributed by atoms with E-state index in [2.05, 4.69) is 22.1 Å². The van der Waals surface area contributed by atoms with Crippen molar-refractivity contribution in [2.24, 2.45) is 5.84 Å². The lowest BCUT2D eigenvalue weighted by Crippen LogP contribution is -2.45. The molecule has 0 saturated carbocycles. The molecule has 19 heavy (non-hydrogen) atoms. The molecule has 0 atom stereocenters. The van der Waals surface area contributed by atoms with Gasteiger partial charge in [0.05, 0.1) is 0 Å². The summed E-state index contributed by atoms with van der Waals surface area (Å²) in [6.07, 6.45) is 0. The summed E-state index contributed by atoms with van der Waals surface area (Å²) in [4.78, 5) is 16.2. The molecule has 6 heteroatoms. The van der Waals surface area contributed by atoms with Crippen LogP contribution in [0, 0.1) is 6.92 Å². The summed E-state index contributed by atoms with van der Waals surface area (Å²) in [6, 6.07) is 1.78. The zero-order chi connectivity index (χ0) is 13.8. The monoisotopic (exact) mass is 266 g/mol. The lowest BCUT2D eigenvalue weighted by Gasteiger charge is -2.33. The van der Waals surface area contributed by atoms with Gasteiger partial charge >= 0.3 is 5.91 Å². The first kappa shape index (κ1) is 14.0. The van der Waals surface area contributed by atoms with Gasteiger partial charge in [-0.3, -0.25) is 15.1 Å². The third-order valence-electron chi connectivity index (χ3n) is 3.68. The first-order chi connectivity index (χ1) is 9.13. The Labute approximate surface area is 113 Å². The van der Waals surface area contributed by atoms with Gasteiger partial charge in [-0.2, -0.15) is 0 Å². The third-order valence-corrected chi connectivity index (χ3v) is 3.68. The zero-order valence-corrected chi connectivity index (χ0v) is 11.6. The number of hydrogen-bond acceptors (Lipinski definition) is 5. The largest absolute Gasteiger partial charge is 0.456 e. The van der Waals surface area contributed by atoms with Crippen LogP contribution in [0.3, 0.4) is 0 Å². The normalized spacial score (nSPS) is 17.6. The third kappa shape index (κ3) is 3.34. The van der Waals surface area contributed by atoms with Crippen LogP contribution >= 0.6 is 0 Å². The number of nitrogens with zero attached hydrogens (tertiary/aromatic N) is 2. The Kier molecular flexibility index (Phi) is 4.57. The van der Waals surface area contributed by atoms with E-state index in [1.807, 2.05) is 6.92 Å². The SMILES string of the molecule is CCN1CCN(Cc2cc(C(=O)NN)oc2C)CC1. The van der Waals surface area contributed by atoms with Crippen LogP contribution in [0.25, 0.3) is 0 Å². The minimum atomic E-state index is -0.384. The van der Waals surface area contributed by atoms with E-state index in [4.69, 9.17) is 10.3 Å². The molecular weight excluding hydrogens is 244 g/mol. The topological polar surface area (TPSA) is 74.7 Å². The standard InChI is InChI=1S/C13H22N4O2/c1-3-16-4-6-17(7-5-16)9-11-8-12(13(18)15-14)19-10(11)2/h8H,3-7,9,14H2,1-2H3,(H,15,18). The molecule has 0 bridgehead atoms. The van der Waals surface area contributed by atoms with Crippen LogP contribution in [0.5, 0.6) is 0 Å². The lowest BCUT2D eigenvalue weighted by atomic mass is 10.2. The van der Waals surface area contributed by atoms with Crippen LogP contribution in [0.1, 0.15) is 28.8 Å². The fourth-order valence-corrected chi connectivity index (χ4v) is 2.36. The van der Waals surface area contributed by atoms with Crippen molar-refractivity contribution in [3.8, 4) is 0 Å². The number of aryl methyl sites for hydroxylation is 1. The maximum atomic E-state index is 11.4. The smallest absolute Gasteiger partial charge is 0.300 e. The molecule has 1 aliphatic rings. The number of carbonyl (C=O) groups excluding carboxylic acids is 1. The molecule has 0 unspecified atom stereocenters. The van der Waals surface area contributed by atoms with E-state index in [-0.39, 0.29) is 11.7 Å². The molecular formula is C13H22N4O2. The Morgan fingerprint density at radius 1 is 1.37 bits per heavy atom. The zero-order valence-electron chi connectivity index (χ0n) is 11.6. The summed E-state index contributed by atoms with van der Waals surface area (Å²) in [5.74, 6) is 5.79. The van der Waals surface area contributed by atoms with E-state index in [1.165, 1.54) is 0 Å². The molecule has 0 spiro atoms. The molecule has 6 nitrogen and oxygen atoms in total. The Morgan fingerprint density at radius 2 is 2.00 bits per heavy atom. The number of hydrazine groups is 1. The van der Waals surface area contributed by atoms with Crippen molar-refractivity contribution < 1.29 is 9.21 Å². The van der Waals surface area contributed by atoms with Crippen LogP contribution in [0.4, 0.5) is 0 Å². The van der Waals surface area contributed by atoms with Crippen molar-refractivity contribution in [1.82, 2.24) is 15.2 Å². The fourth-order valence-electron chi connectivity index (χ4n) is 2.36. The number of nitrogen functional groups attached to an aromatic ring is 1. The molecule has 2 rings (SSSR count). The van der Waals surface area contributed by atoms with Crippen molar-refractivity contribution in [1.29, 1.82) is 0 Å². The maximum absolute atomic E-state index is 11.4. The summed E-state index contributed by atoms with van der Waals surface area (Å²) >= 11 is 0. The molecule has 3 N–H and O–H groups in total. The van der Waals surface area contributed by atoms with Gasteiger partial charge in [-0.25, -0.2) is 5.84 Å². The van der Waals surface area contributed by atoms with E-state index in [0.717, 1.165) is 50.6 Å². The minimum absolute atomic E-state index is 0.280. The highest BCUT2D eigenvalue weighted by molar-refractivity contribution is 5.91. The number of piperazine rings is 1. The van der Waals surface area contributed by atoms with E-state index in [1.54, 1.807) is 6.07 Å². The van der Waals surface area contributed by atoms with Gasteiger partial charge in [0.25, 0.3) is 0 Å². The number of carbonyl (C=O) groups is 1. The number of amides is 1. The Morgan fingerprint density at radius 3 is 2.58 bits per heavy atom. The minimum Gasteiger partial charge on any atom is -0.456 e. The fraction of sp³-hybridized carbons (Fsp3) is 0.615. The molecule has 1 aromatic heterocycles. The summed E-state index contributed by atoms with van der Waals surface area (Å²) in [5.41, 5.74) is 3.14. The summed E-state index contributed by atoms with van der Waals surface area (Å²) in [5, 5.41) is 0. The molecule has 0 radical (unpaired) electrons. The molecule has 0 aliphatic carbocycles. The maximum Gasteiger partial charge on any atom is 0.300 e. The van der Waals surface area contributed by atoms with Crippen LogP contribution in [0.15, 0.2) is 10.5 Å². The van der Waals surface area contributed by atoms with E-state index in [9.17, 15) is 4.79 Å². The van der Waals surface area contributed by atoms with Crippen LogP contribution in [-0.2, 0) is 6.54 Å². The van der Waals surface area contributed by atoms with Crippen molar-refractivity contribution in [3.05, 3.63) is 23.2 Å². The van der Waals surface area contributed by atoms with E-state index >= 15 is 0 Å². The van der Waals surface area contributed by atoms with Crippen LogP contribution in [-0.4, -0.2) is 48.4 Å². The van der Waals surface area contributed by atoms with Gasteiger partial charge in [-0.05, 0) is 19.5 Å². The average molecular weight is 266 g/mol. The van der Waals surface area contributed by atoms with Gasteiger partial charge < -0.3 is 9.32 Å². The molecule has 1 amide bonds. The highest BCUT2D eigenvalue weighted by atomic mass is 16.4. The molecule has 1 fully saturated rings. The van der Waals surface area contributed by atoms with Gasteiger partial charge in [-0.15, -0.1) is 0 Å². The van der Waals surface area contributed by atoms with Gasteiger partial charge in [0, 0.05) is 38.3 Å². The van der Waals surface area contributed by atoms with Gasteiger partial charge in [0.1, 0.15) is 5.76 Å². The number of likely N-dealkylation sites (N-methyl/N-ethyl adjacent to an activating group) is 1. The Hall–Kier alpha value is -1.37. The first-order valence-corrected chi connectivity index (χ1v) is 6.69. The highest BCUT2D eigenvalue weighted by Crippen LogP contribution is 2.17. The number of rotatable bonds is 4. The predicted octanol–water partition coefficient (Wildman–Crippen LogP) is 0.329. The molecule has 1 aliphatic heterocycles. The second-order valence-corrected chi connectivity index (χ2v) is 4.88. The van der Waals surface area contributed by atoms with Crippen LogP contribution < -0.4 is 11.3 Å². The number of hydrogen-bond donors (Lipinski definition) is 2. The summed E-state index contributed by atoms with van der Waals surface area (Å²) in [6.45, 7) is 10.3. The molecule has 2 heterocycles. The van der Waals surface area contributed by atoms with Crippen molar-refractivity contribution in [2.75, 3.05) is 32.7 Å². The molecule has 0 aromatic carbocycles. The van der Waals surface area contributed by atoms with E-state index < -0.39 is 0 Å². The Balaban J connectivity index is 1.96. The number of nitrogens with two attached hydrogens (primary N) is 1. The summed E-state index contributed by atoms with van der Waals surface area (Å²) < 4.78 is 5.42. The molecule has 1 saturated heterocycles. The lowest BCUT2D eigenvalue weighted by molar-refractivity contribution is 0.0924. The van der Waals surface area contributed by atoms with E-state index in [0.29, 0.717) is 0 Å². The first-order valence-electron chi connectivity index (χ1n) is 6.69. The number of nitrogens with one attached hydrogen (secondary N) is 1. The summed E-state index contributed by atoms with van der Waals surface area (Å²) in [7, 11) is 0.